The smallest absolute Gasteiger partial charge is 0.261 e. The van der Waals surface area contributed by atoms with Crippen molar-refractivity contribution in [2.75, 3.05) is 6.61 Å². The fraction of sp³-hybridized carbons (Fsp3) is 0.440. The van der Waals surface area contributed by atoms with E-state index in [1.165, 1.54) is 4.90 Å². The van der Waals surface area contributed by atoms with Crippen LogP contribution in [0.5, 0.6) is 0 Å². The van der Waals surface area contributed by atoms with Crippen LogP contribution < -0.4 is 0 Å². The number of amides is 2. The van der Waals surface area contributed by atoms with Crippen molar-refractivity contribution >= 4 is 11.8 Å². The number of hydroxylamine groups is 2. The molecule has 0 bridgehead atoms. The number of imide groups is 1. The van der Waals surface area contributed by atoms with Crippen molar-refractivity contribution < 1.29 is 29.0 Å². The molecule has 174 valence electrons. The highest BCUT2D eigenvalue weighted by atomic mass is 16.7. The Balaban J connectivity index is 1.47. The van der Waals surface area contributed by atoms with Crippen LogP contribution in [0, 0.1) is 5.92 Å². The van der Waals surface area contributed by atoms with Crippen molar-refractivity contribution in [2.24, 2.45) is 5.92 Å². The molecule has 2 amide bonds. The number of aliphatic hydroxyl groups excluding tert-OH is 1. The van der Waals surface area contributed by atoms with Crippen molar-refractivity contribution in [3.05, 3.63) is 71.8 Å². The fourth-order valence-corrected chi connectivity index (χ4v) is 5.05. The summed E-state index contributed by atoms with van der Waals surface area (Å²) in [4.78, 5) is 34.5. The summed E-state index contributed by atoms with van der Waals surface area (Å²) in [6, 6.07) is 18.0. The number of carbonyl (C=O) groups is 2. The van der Waals surface area contributed by atoms with Gasteiger partial charge < -0.3 is 14.6 Å². The Kier molecular flexibility index (Phi) is 6.03. The van der Waals surface area contributed by atoms with Crippen LogP contribution in [0.3, 0.4) is 0 Å². The van der Waals surface area contributed by atoms with Gasteiger partial charge in [-0.2, -0.15) is 5.06 Å². The van der Waals surface area contributed by atoms with Gasteiger partial charge in [0.15, 0.2) is 12.4 Å². The van der Waals surface area contributed by atoms with E-state index < -0.39 is 42.6 Å². The first kappa shape index (κ1) is 22.2. The molecule has 0 unspecified atom stereocenters. The lowest BCUT2D eigenvalue weighted by molar-refractivity contribution is -0.276. The number of hydrogen-bond acceptors (Lipinski definition) is 7. The van der Waals surface area contributed by atoms with Gasteiger partial charge in [-0.1, -0.05) is 60.7 Å². The second kappa shape index (κ2) is 8.96. The number of nitrogens with zero attached hydrogens (tertiary/aromatic N) is 2. The molecule has 1 N–H and O–H groups in total. The largest absolute Gasteiger partial charge is 0.388 e. The Morgan fingerprint density at radius 2 is 1.70 bits per heavy atom. The highest BCUT2D eigenvalue weighted by Crippen LogP contribution is 2.43. The second-order valence-corrected chi connectivity index (χ2v) is 8.81. The van der Waals surface area contributed by atoms with Crippen LogP contribution in [0.25, 0.3) is 0 Å². The number of carbonyl (C=O) groups excluding carboxylic acids is 2. The SMILES string of the molecule is C[C@H]1OC[C@@H](O)[C@@H]([C@H]2[C@@H]3C(=O)N([C@H](C)c4ccccc4)C(=O)[C@@H]3ON2Cc2ccccc2)O1. The van der Waals surface area contributed by atoms with Gasteiger partial charge in [0.05, 0.1) is 24.6 Å². The first-order valence-corrected chi connectivity index (χ1v) is 11.3. The van der Waals surface area contributed by atoms with Crippen molar-refractivity contribution in [1.29, 1.82) is 0 Å². The molecule has 3 aliphatic rings. The Morgan fingerprint density at radius 3 is 2.39 bits per heavy atom. The van der Waals surface area contributed by atoms with E-state index in [9.17, 15) is 14.7 Å². The van der Waals surface area contributed by atoms with Gasteiger partial charge in [-0.05, 0) is 25.0 Å². The average Bonchev–Trinajstić information content (AvgIpc) is 3.31. The minimum Gasteiger partial charge on any atom is -0.388 e. The van der Waals surface area contributed by atoms with Gasteiger partial charge in [0, 0.05) is 6.54 Å². The summed E-state index contributed by atoms with van der Waals surface area (Å²) in [6.45, 7) is 4.03. The Hall–Kier alpha value is -2.62. The van der Waals surface area contributed by atoms with Crippen LogP contribution in [0.1, 0.15) is 31.0 Å². The molecule has 3 fully saturated rings. The van der Waals surface area contributed by atoms with E-state index in [4.69, 9.17) is 14.3 Å². The van der Waals surface area contributed by atoms with Crippen LogP contribution in [-0.2, 0) is 30.4 Å². The maximum Gasteiger partial charge on any atom is 0.261 e. The summed E-state index contributed by atoms with van der Waals surface area (Å²) in [6.07, 6.45) is -3.18. The predicted molar refractivity (Wildman–Crippen MR) is 117 cm³/mol. The van der Waals surface area contributed by atoms with Crippen molar-refractivity contribution in [3.63, 3.8) is 0 Å². The third-order valence-corrected chi connectivity index (χ3v) is 6.70. The lowest BCUT2D eigenvalue weighted by Crippen LogP contribution is -2.56. The summed E-state index contributed by atoms with van der Waals surface area (Å²) >= 11 is 0. The molecule has 3 saturated heterocycles. The van der Waals surface area contributed by atoms with Crippen LogP contribution in [-0.4, -0.2) is 64.1 Å². The number of hydrogen-bond donors (Lipinski definition) is 1. The molecule has 3 aliphatic heterocycles. The van der Waals surface area contributed by atoms with E-state index in [1.54, 1.807) is 12.0 Å². The van der Waals surface area contributed by atoms with Crippen LogP contribution >= 0.6 is 0 Å². The van der Waals surface area contributed by atoms with E-state index in [0.717, 1.165) is 11.1 Å². The molecule has 8 nitrogen and oxygen atoms in total. The van der Waals surface area contributed by atoms with Gasteiger partial charge in [-0.15, -0.1) is 0 Å². The molecule has 0 aliphatic carbocycles. The third kappa shape index (κ3) is 3.98. The van der Waals surface area contributed by atoms with Gasteiger partial charge >= 0.3 is 0 Å². The molecule has 33 heavy (non-hydrogen) atoms. The molecule has 0 saturated carbocycles. The van der Waals surface area contributed by atoms with E-state index >= 15 is 0 Å². The highest BCUT2D eigenvalue weighted by Gasteiger charge is 2.63. The normalized spacial score (nSPS) is 33.4. The molecule has 2 aromatic carbocycles. The van der Waals surface area contributed by atoms with E-state index in [-0.39, 0.29) is 18.4 Å². The molecule has 3 heterocycles. The predicted octanol–water partition coefficient (Wildman–Crippen LogP) is 2.04. The third-order valence-electron chi connectivity index (χ3n) is 6.70. The van der Waals surface area contributed by atoms with Gasteiger partial charge in [0.1, 0.15) is 12.2 Å². The van der Waals surface area contributed by atoms with Gasteiger partial charge in [0.2, 0.25) is 5.91 Å². The molecular formula is C25H28N2O6. The van der Waals surface area contributed by atoms with Crippen LogP contribution in [0.15, 0.2) is 60.7 Å². The molecule has 8 heteroatoms. The van der Waals surface area contributed by atoms with E-state index in [1.807, 2.05) is 67.6 Å². The second-order valence-electron chi connectivity index (χ2n) is 8.81. The maximum atomic E-state index is 13.7. The standard InChI is InChI=1S/C25H28N2O6/c1-15(18-11-7-4-8-12-18)27-24(29)20-21(22-19(28)14-31-16(2)32-22)26(33-23(20)25(27)30)13-17-9-5-3-6-10-17/h3-12,15-16,19-23,28H,13-14H2,1-2H3/t15-,16+,19-,20+,21-,22+,23-/m1/s1. The van der Waals surface area contributed by atoms with Gasteiger partial charge in [0.25, 0.3) is 5.91 Å². The van der Waals surface area contributed by atoms with Crippen LogP contribution in [0.4, 0.5) is 0 Å². The summed E-state index contributed by atoms with van der Waals surface area (Å²) in [5.74, 6) is -1.45. The number of rotatable bonds is 5. The van der Waals surface area contributed by atoms with E-state index in [2.05, 4.69) is 0 Å². The van der Waals surface area contributed by atoms with Crippen molar-refractivity contribution in [3.8, 4) is 0 Å². The van der Waals surface area contributed by atoms with Crippen LogP contribution in [0.2, 0.25) is 0 Å². The minimum atomic E-state index is -0.952. The summed E-state index contributed by atoms with van der Waals surface area (Å²) in [5, 5.41) is 12.3. The molecule has 7 atom stereocenters. The lowest BCUT2D eigenvalue weighted by Gasteiger charge is -2.39. The number of fused-ring (bicyclic) bond motifs is 1. The Bertz CT molecular complexity index is 1000. The van der Waals surface area contributed by atoms with Gasteiger partial charge in [-0.3, -0.25) is 19.3 Å². The van der Waals surface area contributed by atoms with Gasteiger partial charge in [-0.25, -0.2) is 0 Å². The number of aliphatic hydroxyl groups is 1. The van der Waals surface area contributed by atoms with Crippen molar-refractivity contribution in [2.45, 2.75) is 57.1 Å². The zero-order valence-corrected chi connectivity index (χ0v) is 18.6. The number of ether oxygens (including phenoxy) is 2. The Labute approximate surface area is 192 Å². The first-order valence-electron chi connectivity index (χ1n) is 11.3. The monoisotopic (exact) mass is 452 g/mol. The topological polar surface area (TPSA) is 88.5 Å². The first-order chi connectivity index (χ1) is 16.0. The number of likely N-dealkylation sites (tertiary alicyclic amines) is 1. The zero-order chi connectivity index (χ0) is 23.1. The quantitative estimate of drug-likeness (QED) is 0.695. The lowest BCUT2D eigenvalue weighted by atomic mass is 9.89. The molecule has 0 radical (unpaired) electrons. The highest BCUT2D eigenvalue weighted by molar-refractivity contribution is 6.07. The average molecular weight is 453 g/mol. The molecular weight excluding hydrogens is 424 g/mol. The minimum absolute atomic E-state index is 0.0885. The van der Waals surface area contributed by atoms with E-state index in [0.29, 0.717) is 6.54 Å². The Morgan fingerprint density at radius 1 is 1.03 bits per heavy atom. The zero-order valence-electron chi connectivity index (χ0n) is 18.6. The molecule has 5 rings (SSSR count). The fourth-order valence-electron chi connectivity index (χ4n) is 5.05. The molecule has 0 spiro atoms. The molecule has 2 aromatic rings. The molecule has 0 aromatic heterocycles. The summed E-state index contributed by atoms with van der Waals surface area (Å²) < 4.78 is 11.4. The number of benzene rings is 2. The van der Waals surface area contributed by atoms with Crippen molar-refractivity contribution in [1.82, 2.24) is 9.96 Å². The summed E-state index contributed by atoms with van der Waals surface area (Å²) in [7, 11) is 0. The summed E-state index contributed by atoms with van der Waals surface area (Å²) in [5.41, 5.74) is 1.83. The maximum absolute atomic E-state index is 13.7.